The molecule has 0 saturated carbocycles. The Morgan fingerprint density at radius 3 is 1.84 bits per heavy atom. The summed E-state index contributed by atoms with van der Waals surface area (Å²) in [6.45, 7) is 0. The minimum absolute atomic E-state index is 0.543. The fourth-order valence-electron chi connectivity index (χ4n) is 8.54. The molecule has 0 aliphatic heterocycles. The van der Waals surface area contributed by atoms with Gasteiger partial charge < -0.3 is 13.4 Å². The highest BCUT2D eigenvalue weighted by Crippen LogP contribution is 2.44. The second kappa shape index (κ2) is 12.3. The maximum atomic E-state index is 6.58. The summed E-state index contributed by atoms with van der Waals surface area (Å²) in [5, 5.41) is 6.51. The van der Waals surface area contributed by atoms with Gasteiger partial charge in [-0.05, 0) is 60.2 Å². The SMILES string of the molecule is c1ccc(-c2nc(-c3ccc4oc5cccc(-c6cccc7c8ccccc8n(-c8ccccc8)c67)c5c4c3)nc(-c3cccc4c3oc3ccccc34)n2)cc1. The molecule has 12 rings (SSSR count). The van der Waals surface area contributed by atoms with E-state index in [4.69, 9.17) is 23.8 Å². The van der Waals surface area contributed by atoms with E-state index in [1.807, 2.05) is 78.9 Å². The van der Waals surface area contributed by atoms with Crippen LogP contribution >= 0.6 is 0 Å². The number of aromatic nitrogens is 4. The van der Waals surface area contributed by atoms with Gasteiger partial charge >= 0.3 is 0 Å². The van der Waals surface area contributed by atoms with Crippen molar-refractivity contribution < 1.29 is 8.83 Å². The van der Waals surface area contributed by atoms with Crippen LogP contribution in [0, 0.1) is 0 Å². The van der Waals surface area contributed by atoms with Gasteiger partial charge in [0, 0.05) is 54.7 Å². The summed E-state index contributed by atoms with van der Waals surface area (Å²) >= 11 is 0. The third kappa shape index (κ3) is 4.87. The van der Waals surface area contributed by atoms with Crippen molar-refractivity contribution in [1.29, 1.82) is 0 Å². The highest BCUT2D eigenvalue weighted by Gasteiger charge is 2.22. The van der Waals surface area contributed by atoms with Crippen molar-refractivity contribution in [2.75, 3.05) is 0 Å². The van der Waals surface area contributed by atoms with E-state index < -0.39 is 0 Å². The van der Waals surface area contributed by atoms with Gasteiger partial charge in [0.25, 0.3) is 0 Å². The van der Waals surface area contributed by atoms with Crippen LogP contribution in [0.2, 0.25) is 0 Å². The van der Waals surface area contributed by atoms with Crippen LogP contribution < -0.4 is 0 Å². The van der Waals surface area contributed by atoms with Crippen molar-refractivity contribution >= 4 is 65.7 Å². The summed E-state index contributed by atoms with van der Waals surface area (Å²) in [5.74, 6) is 1.69. The van der Waals surface area contributed by atoms with E-state index in [-0.39, 0.29) is 0 Å². The number of para-hydroxylation sites is 5. The topological polar surface area (TPSA) is 69.9 Å². The average molecular weight is 731 g/mol. The largest absolute Gasteiger partial charge is 0.456 e. The van der Waals surface area contributed by atoms with Gasteiger partial charge in [-0.3, -0.25) is 0 Å². The first-order chi connectivity index (χ1) is 28.3. The molecule has 0 aliphatic rings. The van der Waals surface area contributed by atoms with Gasteiger partial charge in [-0.1, -0.05) is 127 Å². The Balaban J connectivity index is 1.10. The molecule has 57 heavy (non-hydrogen) atoms. The molecule has 0 radical (unpaired) electrons. The van der Waals surface area contributed by atoms with E-state index in [2.05, 4.69) is 108 Å². The van der Waals surface area contributed by atoms with E-state index in [1.165, 1.54) is 10.8 Å². The van der Waals surface area contributed by atoms with E-state index in [0.717, 1.165) is 88.4 Å². The quantitative estimate of drug-likeness (QED) is 0.176. The minimum Gasteiger partial charge on any atom is -0.456 e. The number of benzene rings is 8. The predicted octanol–water partition coefficient (Wildman–Crippen LogP) is 13.4. The van der Waals surface area contributed by atoms with Crippen LogP contribution in [0.5, 0.6) is 0 Å². The number of hydrogen-bond acceptors (Lipinski definition) is 5. The molecule has 0 bridgehead atoms. The molecule has 0 unspecified atom stereocenters. The van der Waals surface area contributed by atoms with Crippen LogP contribution in [0.15, 0.2) is 191 Å². The lowest BCUT2D eigenvalue weighted by Crippen LogP contribution is -2.00. The molecule has 6 heteroatoms. The second-order valence-corrected chi connectivity index (χ2v) is 14.3. The Hall–Kier alpha value is -7.83. The summed E-state index contributed by atoms with van der Waals surface area (Å²) in [5.41, 5.74) is 11.4. The molecule has 8 aromatic carbocycles. The molecule has 12 aromatic rings. The maximum Gasteiger partial charge on any atom is 0.167 e. The van der Waals surface area contributed by atoms with Gasteiger partial charge in [0.05, 0.1) is 16.6 Å². The third-order valence-electron chi connectivity index (χ3n) is 11.1. The van der Waals surface area contributed by atoms with Crippen LogP contribution in [-0.4, -0.2) is 19.5 Å². The maximum absolute atomic E-state index is 6.58. The number of furan rings is 2. The zero-order valence-electron chi connectivity index (χ0n) is 30.4. The normalized spacial score (nSPS) is 11.9. The molecule has 0 spiro atoms. The van der Waals surface area contributed by atoms with E-state index >= 15 is 0 Å². The van der Waals surface area contributed by atoms with Gasteiger partial charge in [-0.2, -0.15) is 0 Å². The van der Waals surface area contributed by atoms with Crippen molar-refractivity contribution in [1.82, 2.24) is 19.5 Å². The first-order valence-corrected chi connectivity index (χ1v) is 19.0. The third-order valence-corrected chi connectivity index (χ3v) is 11.1. The molecule has 0 aliphatic carbocycles. The van der Waals surface area contributed by atoms with Crippen LogP contribution in [0.4, 0.5) is 0 Å². The van der Waals surface area contributed by atoms with Crippen molar-refractivity contribution in [3.8, 4) is 51.0 Å². The Kier molecular flexibility index (Phi) is 6.83. The molecule has 266 valence electrons. The summed E-state index contributed by atoms with van der Waals surface area (Å²) in [6, 6.07) is 62.7. The zero-order chi connectivity index (χ0) is 37.5. The summed E-state index contributed by atoms with van der Waals surface area (Å²) in [7, 11) is 0. The molecule has 6 nitrogen and oxygen atoms in total. The predicted molar refractivity (Wildman–Crippen MR) is 230 cm³/mol. The fourth-order valence-corrected chi connectivity index (χ4v) is 8.54. The van der Waals surface area contributed by atoms with Gasteiger partial charge in [-0.25, -0.2) is 15.0 Å². The highest BCUT2D eigenvalue weighted by atomic mass is 16.3. The van der Waals surface area contributed by atoms with E-state index in [1.54, 1.807) is 0 Å². The Labute approximate surface area is 325 Å². The fraction of sp³-hybridized carbons (Fsp3) is 0. The highest BCUT2D eigenvalue weighted by molar-refractivity contribution is 6.19. The monoisotopic (exact) mass is 730 g/mol. The van der Waals surface area contributed by atoms with Crippen molar-refractivity contribution in [2.45, 2.75) is 0 Å². The Morgan fingerprint density at radius 1 is 0.368 bits per heavy atom. The van der Waals surface area contributed by atoms with Gasteiger partial charge in [0.2, 0.25) is 0 Å². The first kappa shape index (κ1) is 31.5. The molecule has 4 heterocycles. The number of hydrogen-bond donors (Lipinski definition) is 0. The second-order valence-electron chi connectivity index (χ2n) is 14.3. The number of rotatable bonds is 5. The summed E-state index contributed by atoms with van der Waals surface area (Å²) < 4.78 is 15.4. The first-order valence-electron chi connectivity index (χ1n) is 19.0. The Morgan fingerprint density at radius 2 is 0.982 bits per heavy atom. The van der Waals surface area contributed by atoms with Crippen molar-refractivity contribution in [2.24, 2.45) is 0 Å². The van der Waals surface area contributed by atoms with Crippen LogP contribution in [0.1, 0.15) is 0 Å². The standard InChI is InChI=1S/C51H30N4O2/c1-3-14-31(15-4-1)49-52-50(54-51(53-49)40-24-12-23-39-35-19-8-10-26-43(35)57-48(39)40)32-28-29-44-41(30-32)46-36(20-13-27-45(46)56-44)38-22-11-21-37-34-18-7-9-25-42(34)55(47(37)38)33-16-5-2-6-17-33/h1-30H. The zero-order valence-corrected chi connectivity index (χ0v) is 30.4. The number of fused-ring (bicyclic) bond motifs is 9. The molecule has 0 amide bonds. The summed E-state index contributed by atoms with van der Waals surface area (Å²) in [4.78, 5) is 15.3. The lowest BCUT2D eigenvalue weighted by Gasteiger charge is -2.12. The molecular formula is C51H30N4O2. The van der Waals surface area contributed by atoms with Crippen LogP contribution in [0.3, 0.4) is 0 Å². The van der Waals surface area contributed by atoms with Gasteiger partial charge in [0.1, 0.15) is 22.3 Å². The van der Waals surface area contributed by atoms with Crippen LogP contribution in [-0.2, 0) is 0 Å². The lowest BCUT2D eigenvalue weighted by molar-refractivity contribution is 0.669. The van der Waals surface area contributed by atoms with Crippen LogP contribution in [0.25, 0.3) is 117 Å². The molecule has 0 N–H and O–H groups in total. The molecule has 4 aromatic heterocycles. The molecule has 0 atom stereocenters. The van der Waals surface area contributed by atoms with Gasteiger partial charge in [-0.15, -0.1) is 0 Å². The van der Waals surface area contributed by atoms with Crippen molar-refractivity contribution in [3.05, 3.63) is 182 Å². The summed E-state index contributed by atoms with van der Waals surface area (Å²) in [6.07, 6.45) is 0. The van der Waals surface area contributed by atoms with E-state index in [9.17, 15) is 0 Å². The van der Waals surface area contributed by atoms with E-state index in [0.29, 0.717) is 17.5 Å². The minimum atomic E-state index is 0.543. The lowest BCUT2D eigenvalue weighted by atomic mass is 9.96. The Bertz CT molecular complexity index is 3530. The molecule has 0 fully saturated rings. The molecule has 0 saturated heterocycles. The number of nitrogens with zero attached hydrogens (tertiary/aromatic N) is 4. The molecular weight excluding hydrogens is 701 g/mol. The van der Waals surface area contributed by atoms with Crippen molar-refractivity contribution in [3.63, 3.8) is 0 Å². The van der Waals surface area contributed by atoms with Gasteiger partial charge in [0.15, 0.2) is 17.5 Å². The smallest absolute Gasteiger partial charge is 0.167 e. The average Bonchev–Trinajstić information content (AvgIpc) is 3.96.